The van der Waals surface area contributed by atoms with Gasteiger partial charge in [-0.15, -0.1) is 0 Å². The maximum Gasteiger partial charge on any atom is 0.253 e. The van der Waals surface area contributed by atoms with Crippen LogP contribution in [0, 0.1) is 19.8 Å². The average Bonchev–Trinajstić information content (AvgIpc) is 2.90. The van der Waals surface area contributed by atoms with Crippen LogP contribution in [0.3, 0.4) is 0 Å². The minimum atomic E-state index is -0.363. The molecule has 0 spiro atoms. The van der Waals surface area contributed by atoms with Crippen molar-refractivity contribution >= 4 is 5.91 Å². The lowest BCUT2D eigenvalue weighted by atomic mass is 10.1. The van der Waals surface area contributed by atoms with Gasteiger partial charge in [0, 0.05) is 43.0 Å². The van der Waals surface area contributed by atoms with Crippen LogP contribution >= 0.6 is 0 Å². The number of amides is 1. The van der Waals surface area contributed by atoms with Crippen molar-refractivity contribution in [2.24, 2.45) is 5.92 Å². The van der Waals surface area contributed by atoms with Gasteiger partial charge in [0.25, 0.3) is 5.91 Å². The highest BCUT2D eigenvalue weighted by molar-refractivity contribution is 5.95. The molecule has 0 radical (unpaired) electrons. The van der Waals surface area contributed by atoms with Crippen LogP contribution in [-0.2, 0) is 0 Å². The molecule has 1 aliphatic rings. The lowest BCUT2D eigenvalue weighted by Crippen LogP contribution is -2.34. The third-order valence-electron chi connectivity index (χ3n) is 4.07. The van der Waals surface area contributed by atoms with Crippen LogP contribution in [0.1, 0.15) is 41.6 Å². The molecule has 5 heteroatoms. The van der Waals surface area contributed by atoms with Crippen molar-refractivity contribution in [1.82, 2.24) is 15.2 Å². The first kappa shape index (κ1) is 15.1. The zero-order chi connectivity index (χ0) is 14.9. The van der Waals surface area contributed by atoms with E-state index in [1.165, 1.54) is 0 Å². The standard InChI is InChI=1S/C15H25N3O2/c1-9(2)18-10(3)5-13(11(18)4)15(20)17-7-12-6-16-8-14(12)19/h5,9,12,14,16,19H,6-8H2,1-4H3,(H,17,20). The van der Waals surface area contributed by atoms with Gasteiger partial charge in [0.05, 0.1) is 11.7 Å². The molecule has 0 aliphatic carbocycles. The third kappa shape index (κ3) is 2.88. The Morgan fingerprint density at radius 2 is 2.20 bits per heavy atom. The van der Waals surface area contributed by atoms with Crippen LogP contribution < -0.4 is 10.6 Å². The number of rotatable bonds is 4. The Balaban J connectivity index is 2.04. The first-order chi connectivity index (χ1) is 9.41. The fourth-order valence-corrected chi connectivity index (χ4v) is 3.05. The van der Waals surface area contributed by atoms with Crippen molar-refractivity contribution in [2.45, 2.75) is 39.8 Å². The summed E-state index contributed by atoms with van der Waals surface area (Å²) in [6, 6.07) is 2.28. The fraction of sp³-hybridized carbons (Fsp3) is 0.667. The van der Waals surface area contributed by atoms with Gasteiger partial charge in [0.15, 0.2) is 0 Å². The maximum atomic E-state index is 12.3. The number of nitrogens with one attached hydrogen (secondary N) is 2. The molecular formula is C15H25N3O2. The lowest BCUT2D eigenvalue weighted by molar-refractivity contribution is 0.0926. The number of nitrogens with zero attached hydrogens (tertiary/aromatic N) is 1. The molecule has 1 fully saturated rings. The second-order valence-corrected chi connectivity index (χ2v) is 5.94. The van der Waals surface area contributed by atoms with Crippen LogP contribution in [0.4, 0.5) is 0 Å². The molecule has 3 N–H and O–H groups in total. The van der Waals surface area contributed by atoms with Crippen LogP contribution in [0.5, 0.6) is 0 Å². The van der Waals surface area contributed by atoms with Crippen LogP contribution in [0.15, 0.2) is 6.07 Å². The second kappa shape index (κ2) is 5.97. The third-order valence-corrected chi connectivity index (χ3v) is 4.07. The van der Waals surface area contributed by atoms with E-state index in [-0.39, 0.29) is 17.9 Å². The first-order valence-corrected chi connectivity index (χ1v) is 7.27. The normalized spacial score (nSPS) is 22.5. The van der Waals surface area contributed by atoms with Crippen molar-refractivity contribution in [3.05, 3.63) is 23.0 Å². The highest BCUT2D eigenvalue weighted by Crippen LogP contribution is 2.20. The van der Waals surface area contributed by atoms with E-state index in [4.69, 9.17) is 0 Å². The molecule has 2 atom stereocenters. The molecule has 0 bridgehead atoms. The van der Waals surface area contributed by atoms with Crippen LogP contribution in [-0.4, -0.2) is 41.3 Å². The Kier molecular flexibility index (Phi) is 4.50. The summed E-state index contributed by atoms with van der Waals surface area (Å²) in [5.41, 5.74) is 2.84. The molecule has 2 rings (SSSR count). The number of β-amino-alcohol motifs (C(OH)–C–C–N with tert-alkyl or cyclic N) is 1. The van der Waals surface area contributed by atoms with Crippen molar-refractivity contribution in [2.75, 3.05) is 19.6 Å². The van der Waals surface area contributed by atoms with Gasteiger partial charge >= 0.3 is 0 Å². The minimum Gasteiger partial charge on any atom is -0.391 e. The smallest absolute Gasteiger partial charge is 0.253 e. The van der Waals surface area contributed by atoms with E-state index in [0.717, 1.165) is 23.5 Å². The van der Waals surface area contributed by atoms with E-state index in [0.29, 0.717) is 19.1 Å². The Hall–Kier alpha value is -1.33. The monoisotopic (exact) mass is 279 g/mol. The average molecular weight is 279 g/mol. The summed E-state index contributed by atoms with van der Waals surface area (Å²) in [5, 5.41) is 15.8. The molecule has 112 valence electrons. The molecule has 1 aromatic heterocycles. The fourth-order valence-electron chi connectivity index (χ4n) is 3.05. The molecule has 1 aromatic rings. The lowest BCUT2D eigenvalue weighted by Gasteiger charge is -2.15. The number of carbonyl (C=O) groups is 1. The number of hydrogen-bond acceptors (Lipinski definition) is 3. The van der Waals surface area contributed by atoms with Gasteiger partial charge in [-0.3, -0.25) is 4.79 Å². The summed E-state index contributed by atoms with van der Waals surface area (Å²) in [6.45, 7) is 10.1. The molecule has 2 heterocycles. The van der Waals surface area contributed by atoms with Crippen molar-refractivity contribution < 1.29 is 9.90 Å². The SMILES string of the molecule is Cc1cc(C(=O)NCC2CNCC2O)c(C)n1C(C)C. The van der Waals surface area contributed by atoms with Gasteiger partial charge in [0.1, 0.15) is 0 Å². The van der Waals surface area contributed by atoms with Crippen molar-refractivity contribution in [3.63, 3.8) is 0 Å². The van der Waals surface area contributed by atoms with Gasteiger partial charge in [-0.05, 0) is 33.8 Å². The van der Waals surface area contributed by atoms with Crippen LogP contribution in [0.2, 0.25) is 0 Å². The summed E-state index contributed by atoms with van der Waals surface area (Å²) in [7, 11) is 0. The summed E-state index contributed by atoms with van der Waals surface area (Å²) in [6.07, 6.45) is -0.363. The quantitative estimate of drug-likeness (QED) is 0.770. The number of hydrogen-bond donors (Lipinski definition) is 3. The predicted octanol–water partition coefficient (Wildman–Crippen LogP) is 0.996. The summed E-state index contributed by atoms with van der Waals surface area (Å²) in [4.78, 5) is 12.3. The largest absolute Gasteiger partial charge is 0.391 e. The van der Waals surface area contributed by atoms with Crippen LogP contribution in [0.25, 0.3) is 0 Å². The van der Waals surface area contributed by atoms with Gasteiger partial charge in [-0.2, -0.15) is 0 Å². The Morgan fingerprint density at radius 1 is 1.50 bits per heavy atom. The second-order valence-electron chi connectivity index (χ2n) is 5.94. The molecule has 20 heavy (non-hydrogen) atoms. The molecule has 2 unspecified atom stereocenters. The molecule has 1 saturated heterocycles. The minimum absolute atomic E-state index is 0.0518. The summed E-state index contributed by atoms with van der Waals surface area (Å²) in [5.74, 6) is 0.0524. The van der Waals surface area contributed by atoms with Gasteiger partial charge in [0.2, 0.25) is 0 Å². The number of aryl methyl sites for hydroxylation is 1. The first-order valence-electron chi connectivity index (χ1n) is 7.27. The molecule has 0 saturated carbocycles. The van der Waals surface area contributed by atoms with Gasteiger partial charge in [-0.25, -0.2) is 0 Å². The molecular weight excluding hydrogens is 254 g/mol. The molecule has 1 amide bonds. The molecule has 1 aliphatic heterocycles. The molecule has 0 aromatic carbocycles. The van der Waals surface area contributed by atoms with Crippen molar-refractivity contribution in [1.29, 1.82) is 0 Å². The summed E-state index contributed by atoms with van der Waals surface area (Å²) >= 11 is 0. The van der Waals surface area contributed by atoms with E-state index < -0.39 is 0 Å². The van der Waals surface area contributed by atoms with E-state index in [1.807, 2.05) is 19.9 Å². The van der Waals surface area contributed by atoms with E-state index in [9.17, 15) is 9.90 Å². The highest BCUT2D eigenvalue weighted by atomic mass is 16.3. The molecule has 5 nitrogen and oxygen atoms in total. The predicted molar refractivity (Wildman–Crippen MR) is 79.0 cm³/mol. The number of aliphatic hydroxyl groups is 1. The Labute approximate surface area is 120 Å². The maximum absolute atomic E-state index is 12.3. The topological polar surface area (TPSA) is 66.3 Å². The van der Waals surface area contributed by atoms with Crippen molar-refractivity contribution in [3.8, 4) is 0 Å². The summed E-state index contributed by atoms with van der Waals surface area (Å²) < 4.78 is 2.17. The van der Waals surface area contributed by atoms with E-state index in [1.54, 1.807) is 0 Å². The number of aromatic nitrogens is 1. The zero-order valence-corrected chi connectivity index (χ0v) is 12.7. The Bertz CT molecular complexity index is 494. The number of carbonyl (C=O) groups excluding carboxylic acids is 1. The highest BCUT2D eigenvalue weighted by Gasteiger charge is 2.26. The Morgan fingerprint density at radius 3 is 2.70 bits per heavy atom. The zero-order valence-electron chi connectivity index (χ0n) is 12.7. The van der Waals surface area contributed by atoms with E-state index >= 15 is 0 Å². The van der Waals surface area contributed by atoms with E-state index in [2.05, 4.69) is 29.0 Å². The number of aliphatic hydroxyl groups excluding tert-OH is 1. The van der Waals surface area contributed by atoms with Gasteiger partial charge in [-0.1, -0.05) is 0 Å². The van der Waals surface area contributed by atoms with Gasteiger partial charge < -0.3 is 20.3 Å².